The number of nitrogens with zero attached hydrogens (tertiary/aromatic N) is 2. The molecule has 2 heteroatoms. The van der Waals surface area contributed by atoms with Crippen molar-refractivity contribution in [3.05, 3.63) is 24.3 Å². The van der Waals surface area contributed by atoms with Crippen molar-refractivity contribution in [2.45, 2.75) is 128 Å². The summed E-state index contributed by atoms with van der Waals surface area (Å²) < 4.78 is 0. The summed E-state index contributed by atoms with van der Waals surface area (Å²) in [6.07, 6.45) is 28.4. The molecule has 0 aliphatic carbocycles. The summed E-state index contributed by atoms with van der Waals surface area (Å²) >= 11 is 0. The number of hydrogen-bond acceptors (Lipinski definition) is 2. The van der Waals surface area contributed by atoms with Crippen molar-refractivity contribution in [2.24, 2.45) is 0 Å². The second kappa shape index (κ2) is 16.4. The van der Waals surface area contributed by atoms with Gasteiger partial charge in [0.2, 0.25) is 0 Å². The summed E-state index contributed by atoms with van der Waals surface area (Å²) in [6.45, 7) is 4.96. The molecule has 0 fully saturated rings. The zero-order chi connectivity index (χ0) is 22.1. The predicted molar refractivity (Wildman–Crippen MR) is 143 cm³/mol. The van der Waals surface area contributed by atoms with Gasteiger partial charge in [0.05, 0.1) is 0 Å². The molecule has 0 aromatic heterocycles. The van der Waals surface area contributed by atoms with Crippen LogP contribution in [0.5, 0.6) is 0 Å². The maximum atomic E-state index is 2.69. The Balaban J connectivity index is 1.69. The van der Waals surface area contributed by atoms with E-state index in [1.807, 2.05) is 0 Å². The minimum Gasteiger partial charge on any atom is -0.372 e. The van der Waals surface area contributed by atoms with E-state index in [2.05, 4.69) is 34.1 Å². The molecule has 32 heavy (non-hydrogen) atoms. The Bertz CT molecular complexity index is 488. The van der Waals surface area contributed by atoms with Gasteiger partial charge in [0.1, 0.15) is 0 Å². The zero-order valence-electron chi connectivity index (χ0n) is 21.2. The lowest BCUT2D eigenvalue weighted by Crippen LogP contribution is -2.27. The highest BCUT2D eigenvalue weighted by Crippen LogP contribution is 2.24. The Hall–Kier alpha value is -1.18. The Kier molecular flexibility index (Phi) is 13.1. The molecule has 0 amide bonds. The average Bonchev–Trinajstić information content (AvgIpc) is 2.82. The van der Waals surface area contributed by atoms with Crippen molar-refractivity contribution < 1.29 is 0 Å². The molecule has 0 radical (unpaired) electrons. The van der Waals surface area contributed by atoms with Crippen LogP contribution in [0.1, 0.15) is 128 Å². The molecule has 1 aromatic rings. The van der Waals surface area contributed by atoms with Gasteiger partial charge in [-0.1, -0.05) is 103 Å². The van der Waals surface area contributed by atoms with E-state index < -0.39 is 0 Å². The van der Waals surface area contributed by atoms with Crippen molar-refractivity contribution in [1.29, 1.82) is 0 Å². The summed E-state index contributed by atoms with van der Waals surface area (Å²) in [5.41, 5.74) is 2.91. The van der Waals surface area contributed by atoms with Crippen LogP contribution in [0.15, 0.2) is 24.3 Å². The van der Waals surface area contributed by atoms with Crippen molar-refractivity contribution in [3.8, 4) is 0 Å². The lowest BCUT2D eigenvalue weighted by atomic mass is 10.0. The molecular formula is C30H52N2. The first-order chi connectivity index (χ1) is 15.9. The van der Waals surface area contributed by atoms with Gasteiger partial charge in [-0.3, -0.25) is 0 Å². The standard InChI is InChI=1S/C30H52N2/c1-2-6-10-14-18-26-32-28-20-16-12-8-4-3-7-11-15-19-27-31(25-17-13-9-5-1)29-21-23-30(32)24-22-29/h21-24H,1-20,25-28H2. The quantitative estimate of drug-likeness (QED) is 0.397. The highest BCUT2D eigenvalue weighted by molar-refractivity contribution is 5.56. The number of fused-ring (bicyclic) bond motifs is 22. The van der Waals surface area contributed by atoms with Crippen LogP contribution in [0.2, 0.25) is 0 Å². The van der Waals surface area contributed by atoms with Gasteiger partial charge in [-0.15, -0.1) is 0 Å². The van der Waals surface area contributed by atoms with Crippen molar-refractivity contribution >= 4 is 11.4 Å². The van der Waals surface area contributed by atoms with E-state index in [9.17, 15) is 0 Å². The number of rotatable bonds is 0. The van der Waals surface area contributed by atoms with E-state index in [4.69, 9.17) is 0 Å². The summed E-state index contributed by atoms with van der Waals surface area (Å²) in [5, 5.41) is 0. The number of benzene rings is 1. The summed E-state index contributed by atoms with van der Waals surface area (Å²) in [4.78, 5) is 5.39. The molecule has 4 aliphatic heterocycles. The van der Waals surface area contributed by atoms with Crippen LogP contribution < -0.4 is 9.80 Å². The van der Waals surface area contributed by atoms with Crippen molar-refractivity contribution in [1.82, 2.24) is 0 Å². The minimum absolute atomic E-state index is 1.24. The summed E-state index contributed by atoms with van der Waals surface area (Å²) in [7, 11) is 0. The van der Waals surface area contributed by atoms with Gasteiger partial charge in [0, 0.05) is 37.6 Å². The predicted octanol–water partition coefficient (Wildman–Crippen LogP) is 9.13. The first-order valence-electron chi connectivity index (χ1n) is 14.5. The SMILES string of the molecule is c1cc2ccc1N1CCCCCCCCCCCCN2CCCCCCCCCCCC1. The maximum Gasteiger partial charge on any atom is 0.0367 e. The van der Waals surface area contributed by atoms with Gasteiger partial charge >= 0.3 is 0 Å². The van der Waals surface area contributed by atoms with E-state index in [1.165, 1.54) is 166 Å². The lowest BCUT2D eigenvalue weighted by Gasteiger charge is -2.28. The van der Waals surface area contributed by atoms with Gasteiger partial charge in [0.25, 0.3) is 0 Å². The van der Waals surface area contributed by atoms with E-state index in [0.29, 0.717) is 0 Å². The molecule has 0 atom stereocenters. The number of hydrogen-bond donors (Lipinski definition) is 0. The molecule has 0 spiro atoms. The van der Waals surface area contributed by atoms with Crippen LogP contribution in [0, 0.1) is 0 Å². The molecule has 1 aromatic carbocycles. The third-order valence-electron chi connectivity index (χ3n) is 7.79. The van der Waals surface area contributed by atoms with Gasteiger partial charge in [-0.2, -0.15) is 0 Å². The first kappa shape index (κ1) is 25.4. The molecule has 0 unspecified atom stereocenters. The summed E-state index contributed by atoms with van der Waals surface area (Å²) in [6, 6.07) is 9.70. The largest absolute Gasteiger partial charge is 0.372 e. The summed E-state index contributed by atoms with van der Waals surface area (Å²) in [5.74, 6) is 0. The second-order valence-electron chi connectivity index (χ2n) is 10.6. The molecule has 2 nitrogen and oxygen atoms in total. The smallest absolute Gasteiger partial charge is 0.0367 e. The Morgan fingerprint density at radius 2 is 0.469 bits per heavy atom. The lowest BCUT2D eigenvalue weighted by molar-refractivity contribution is 0.531. The third kappa shape index (κ3) is 10.2. The molecule has 5 rings (SSSR count). The van der Waals surface area contributed by atoms with Crippen LogP contribution in [-0.2, 0) is 0 Å². The van der Waals surface area contributed by atoms with E-state index in [1.54, 1.807) is 0 Å². The second-order valence-corrected chi connectivity index (χ2v) is 10.6. The van der Waals surface area contributed by atoms with E-state index in [0.717, 1.165) is 0 Å². The fraction of sp³-hybridized carbons (Fsp3) is 0.800. The van der Waals surface area contributed by atoms with E-state index >= 15 is 0 Å². The van der Waals surface area contributed by atoms with Crippen LogP contribution in [0.4, 0.5) is 11.4 Å². The molecular weight excluding hydrogens is 388 g/mol. The molecule has 4 aliphatic rings. The van der Waals surface area contributed by atoms with Gasteiger partial charge in [-0.05, 0) is 49.9 Å². The Labute approximate surface area is 200 Å². The van der Waals surface area contributed by atoms with E-state index in [-0.39, 0.29) is 0 Å². The monoisotopic (exact) mass is 440 g/mol. The molecule has 0 saturated carbocycles. The van der Waals surface area contributed by atoms with Crippen molar-refractivity contribution in [2.75, 3.05) is 36.0 Å². The minimum atomic E-state index is 1.24. The van der Waals surface area contributed by atoms with Gasteiger partial charge < -0.3 is 9.80 Å². The Morgan fingerprint density at radius 1 is 0.281 bits per heavy atom. The van der Waals surface area contributed by atoms with Crippen LogP contribution in [0.25, 0.3) is 0 Å². The van der Waals surface area contributed by atoms with Gasteiger partial charge in [0.15, 0.2) is 0 Å². The van der Waals surface area contributed by atoms with Crippen LogP contribution in [0.3, 0.4) is 0 Å². The molecule has 0 N–H and O–H groups in total. The highest BCUT2D eigenvalue weighted by atomic mass is 15.1. The van der Waals surface area contributed by atoms with Crippen LogP contribution in [-0.4, -0.2) is 26.2 Å². The normalized spacial score (nSPS) is 22.4. The fourth-order valence-electron chi connectivity index (χ4n) is 5.65. The van der Waals surface area contributed by atoms with Crippen LogP contribution >= 0.6 is 0 Å². The average molecular weight is 441 g/mol. The molecule has 4 heterocycles. The van der Waals surface area contributed by atoms with Gasteiger partial charge in [-0.25, -0.2) is 0 Å². The molecule has 182 valence electrons. The molecule has 4 bridgehead atoms. The highest BCUT2D eigenvalue weighted by Gasteiger charge is 2.11. The van der Waals surface area contributed by atoms with Crippen molar-refractivity contribution in [3.63, 3.8) is 0 Å². The Morgan fingerprint density at radius 3 is 0.688 bits per heavy atom. The fourth-order valence-corrected chi connectivity index (χ4v) is 5.65. The third-order valence-corrected chi connectivity index (χ3v) is 7.79. The first-order valence-corrected chi connectivity index (χ1v) is 14.5. The zero-order valence-corrected chi connectivity index (χ0v) is 21.2. The number of anilines is 2. The topological polar surface area (TPSA) is 6.48 Å². The maximum absolute atomic E-state index is 2.69. The molecule has 0 saturated heterocycles.